The summed E-state index contributed by atoms with van der Waals surface area (Å²) in [5.41, 5.74) is 3.06. The third-order valence-corrected chi connectivity index (χ3v) is 9.27. The van der Waals surface area contributed by atoms with Crippen LogP contribution < -0.4 is 4.74 Å². The van der Waals surface area contributed by atoms with Crippen LogP contribution in [0.25, 0.3) is 20.8 Å². The van der Waals surface area contributed by atoms with E-state index >= 15 is 0 Å². The first kappa shape index (κ1) is 29.1. The summed E-state index contributed by atoms with van der Waals surface area (Å²) >= 11 is 1.50. The Labute approximate surface area is 255 Å². The van der Waals surface area contributed by atoms with E-state index in [4.69, 9.17) is 9.72 Å². The van der Waals surface area contributed by atoms with Gasteiger partial charge >= 0.3 is 0 Å². The van der Waals surface area contributed by atoms with Gasteiger partial charge in [-0.1, -0.05) is 18.7 Å². The van der Waals surface area contributed by atoms with E-state index in [0.717, 1.165) is 58.8 Å². The molecule has 1 aliphatic heterocycles. The van der Waals surface area contributed by atoms with Gasteiger partial charge in [0.2, 0.25) is 5.91 Å². The predicted molar refractivity (Wildman–Crippen MR) is 167 cm³/mol. The smallest absolute Gasteiger partial charge is 0.246 e. The molecule has 0 spiro atoms. The van der Waals surface area contributed by atoms with Crippen molar-refractivity contribution in [2.24, 2.45) is 5.92 Å². The van der Waals surface area contributed by atoms with Crippen molar-refractivity contribution in [1.29, 1.82) is 0 Å². The van der Waals surface area contributed by atoms with Crippen LogP contribution in [-0.4, -0.2) is 56.6 Å². The highest BCUT2D eigenvalue weighted by molar-refractivity contribution is 7.22. The summed E-state index contributed by atoms with van der Waals surface area (Å²) in [6.07, 6.45) is 8.01. The van der Waals surface area contributed by atoms with Gasteiger partial charge in [-0.25, -0.2) is 4.39 Å². The molecule has 6 rings (SSSR count). The summed E-state index contributed by atoms with van der Waals surface area (Å²) in [6.45, 7) is 10.8. The molecule has 9 heteroatoms. The fourth-order valence-electron chi connectivity index (χ4n) is 5.75. The second kappa shape index (κ2) is 12.0. The number of ketones is 1. The van der Waals surface area contributed by atoms with Crippen LogP contribution >= 0.6 is 11.3 Å². The zero-order chi connectivity index (χ0) is 30.1. The quantitative estimate of drug-likeness (QED) is 0.187. The van der Waals surface area contributed by atoms with Crippen LogP contribution in [0.3, 0.4) is 0 Å². The Morgan fingerprint density at radius 2 is 1.91 bits per heavy atom. The normalized spacial score (nSPS) is 16.8. The molecule has 0 unspecified atom stereocenters. The van der Waals surface area contributed by atoms with Crippen molar-refractivity contribution in [2.45, 2.75) is 51.6 Å². The van der Waals surface area contributed by atoms with Crippen LogP contribution in [0.2, 0.25) is 0 Å². The third kappa shape index (κ3) is 6.68. The number of pyridine rings is 2. The van der Waals surface area contributed by atoms with Gasteiger partial charge in [0, 0.05) is 57.5 Å². The standard InChI is InChI=1S/C34H35FN4O3S/c1-4-32(41)39-14-13-38(21-34(39,2)3)20-24-7-9-27(37-19-24)31-18-28-33(43-31)30(11-12-36-28)42-29-10-8-23(17-26(29)35)16-25(40)15-22-5-6-22/h4,7-12,17-19,22H,1,5-6,13-16,20-21H2,2-3H3. The Morgan fingerprint density at radius 3 is 2.60 bits per heavy atom. The minimum absolute atomic E-state index is 0.0304. The van der Waals surface area contributed by atoms with Crippen LogP contribution in [0.1, 0.15) is 44.2 Å². The van der Waals surface area contributed by atoms with E-state index in [1.54, 1.807) is 24.4 Å². The lowest BCUT2D eigenvalue weighted by Crippen LogP contribution is -2.60. The van der Waals surface area contributed by atoms with Crippen LogP contribution in [-0.2, 0) is 22.6 Å². The number of halogens is 1. The first-order valence-electron chi connectivity index (χ1n) is 14.7. The molecule has 43 heavy (non-hydrogen) atoms. The van der Waals surface area contributed by atoms with Crippen molar-refractivity contribution < 1.29 is 18.7 Å². The summed E-state index contributed by atoms with van der Waals surface area (Å²) in [6, 6.07) is 12.5. The third-order valence-electron chi connectivity index (χ3n) is 8.11. The molecule has 4 heterocycles. The van der Waals surface area contributed by atoms with Gasteiger partial charge in [0.25, 0.3) is 0 Å². The van der Waals surface area contributed by atoms with E-state index < -0.39 is 5.82 Å². The summed E-state index contributed by atoms with van der Waals surface area (Å²) in [5.74, 6) is 0.786. The van der Waals surface area contributed by atoms with Gasteiger partial charge in [0.15, 0.2) is 11.6 Å². The number of rotatable bonds is 10. The summed E-state index contributed by atoms with van der Waals surface area (Å²) in [4.78, 5) is 38.8. The second-order valence-electron chi connectivity index (χ2n) is 12.1. The molecule has 1 amide bonds. The highest BCUT2D eigenvalue weighted by Crippen LogP contribution is 2.39. The lowest BCUT2D eigenvalue weighted by molar-refractivity contribution is -0.135. The van der Waals surface area contributed by atoms with Gasteiger partial charge in [0.05, 0.1) is 26.3 Å². The predicted octanol–water partition coefficient (Wildman–Crippen LogP) is 6.81. The number of fused-ring (bicyclic) bond motifs is 1. The first-order chi connectivity index (χ1) is 20.7. The largest absolute Gasteiger partial charge is 0.453 e. The number of carbonyl (C=O) groups excluding carboxylic acids is 2. The van der Waals surface area contributed by atoms with E-state index in [1.165, 1.54) is 23.5 Å². The van der Waals surface area contributed by atoms with Gasteiger partial charge in [-0.05, 0) is 74.1 Å². The molecule has 3 aromatic heterocycles. The van der Waals surface area contributed by atoms with E-state index in [-0.39, 0.29) is 29.4 Å². The molecule has 1 aromatic carbocycles. The molecule has 1 aliphatic carbocycles. The molecule has 1 saturated heterocycles. The van der Waals surface area contributed by atoms with E-state index in [2.05, 4.69) is 36.4 Å². The maximum Gasteiger partial charge on any atom is 0.246 e. The fourth-order valence-corrected chi connectivity index (χ4v) is 6.79. The zero-order valence-electron chi connectivity index (χ0n) is 24.5. The molecule has 0 atom stereocenters. The number of hydrogen-bond donors (Lipinski definition) is 0. The average molecular weight is 599 g/mol. The minimum Gasteiger partial charge on any atom is -0.453 e. The lowest BCUT2D eigenvalue weighted by atomic mass is 9.98. The zero-order valence-corrected chi connectivity index (χ0v) is 25.3. The van der Waals surface area contributed by atoms with Gasteiger partial charge in [-0.2, -0.15) is 0 Å². The molecule has 4 aromatic rings. The van der Waals surface area contributed by atoms with Gasteiger partial charge in [-0.3, -0.25) is 24.5 Å². The highest BCUT2D eigenvalue weighted by Gasteiger charge is 2.35. The number of nitrogens with zero attached hydrogens (tertiary/aromatic N) is 4. The molecule has 1 saturated carbocycles. The van der Waals surface area contributed by atoms with E-state index in [1.807, 2.05) is 23.2 Å². The van der Waals surface area contributed by atoms with Crippen LogP contribution in [0, 0.1) is 11.7 Å². The summed E-state index contributed by atoms with van der Waals surface area (Å²) in [5, 5.41) is 0. The lowest BCUT2D eigenvalue weighted by Gasteiger charge is -2.46. The Hall–Kier alpha value is -3.95. The van der Waals surface area contributed by atoms with Gasteiger partial charge in [0.1, 0.15) is 11.5 Å². The Morgan fingerprint density at radius 1 is 1.09 bits per heavy atom. The molecule has 0 radical (unpaired) electrons. The summed E-state index contributed by atoms with van der Waals surface area (Å²) < 4.78 is 21.8. The molecule has 2 aliphatic rings. The van der Waals surface area contributed by atoms with E-state index in [9.17, 15) is 14.0 Å². The number of thiophene rings is 1. The maximum atomic E-state index is 15.0. The second-order valence-corrected chi connectivity index (χ2v) is 13.2. The maximum absolute atomic E-state index is 15.0. The van der Waals surface area contributed by atoms with E-state index in [0.29, 0.717) is 30.2 Å². The van der Waals surface area contributed by atoms with Gasteiger partial charge < -0.3 is 9.64 Å². The van der Waals surface area contributed by atoms with Gasteiger partial charge in [-0.15, -0.1) is 11.3 Å². The monoisotopic (exact) mass is 598 g/mol. The van der Waals surface area contributed by atoms with Crippen molar-refractivity contribution >= 4 is 33.2 Å². The summed E-state index contributed by atoms with van der Waals surface area (Å²) in [7, 11) is 0. The number of Topliss-reactive ketones (excluding diaryl/α,β-unsaturated/α-hetero) is 1. The van der Waals surface area contributed by atoms with Crippen LogP contribution in [0.4, 0.5) is 4.39 Å². The number of aromatic nitrogens is 2. The number of amides is 1. The molecule has 0 bridgehead atoms. The van der Waals surface area contributed by atoms with Crippen molar-refractivity contribution in [3.8, 4) is 22.1 Å². The highest BCUT2D eigenvalue weighted by atomic mass is 32.1. The molecule has 2 fully saturated rings. The Bertz CT molecular complexity index is 1680. The van der Waals surface area contributed by atoms with Crippen LogP contribution in [0.15, 0.2) is 67.5 Å². The number of piperazine rings is 1. The Kier molecular flexibility index (Phi) is 8.11. The van der Waals surface area contributed by atoms with Crippen molar-refractivity contribution in [3.05, 3.63) is 84.5 Å². The topological polar surface area (TPSA) is 75.6 Å². The average Bonchev–Trinajstić information content (AvgIpc) is 3.67. The van der Waals surface area contributed by atoms with Crippen molar-refractivity contribution in [3.63, 3.8) is 0 Å². The SMILES string of the molecule is C=CC(=O)N1CCN(Cc2ccc(-c3cc4nccc(Oc5ccc(CC(=O)CC6CC6)cc5F)c4s3)nc2)CC1(C)C. The van der Waals surface area contributed by atoms with Crippen molar-refractivity contribution in [1.82, 2.24) is 19.8 Å². The number of ether oxygens (including phenoxy) is 1. The van der Waals surface area contributed by atoms with Crippen molar-refractivity contribution in [2.75, 3.05) is 19.6 Å². The first-order valence-corrected chi connectivity index (χ1v) is 15.5. The number of benzene rings is 1. The molecular formula is C34H35FN4O3S. The fraction of sp³-hybridized carbons (Fsp3) is 0.353. The van der Waals surface area contributed by atoms with Crippen LogP contribution in [0.5, 0.6) is 11.5 Å². The molecular weight excluding hydrogens is 563 g/mol. The number of hydrogen-bond acceptors (Lipinski definition) is 7. The Balaban J connectivity index is 1.13. The number of carbonyl (C=O) groups is 2. The molecule has 222 valence electrons. The molecule has 7 nitrogen and oxygen atoms in total. The molecule has 0 N–H and O–H groups in total. The minimum atomic E-state index is -0.493.